The number of benzene rings is 1. The lowest BCUT2D eigenvalue weighted by Crippen LogP contribution is -2.01. The van der Waals surface area contributed by atoms with Crippen LogP contribution in [-0.4, -0.2) is 15.6 Å². The Balaban J connectivity index is 2.45. The van der Waals surface area contributed by atoms with E-state index in [4.69, 9.17) is 5.26 Å². The smallest absolute Gasteiger partial charge is 0.272 e. The second-order valence-corrected chi connectivity index (χ2v) is 5.95. The number of hydrogen-bond acceptors (Lipinski definition) is 7. The standard InChI is InChI=1S/C17H23N5O4/c1-14(9-7-5-3-2-4-6-8-12-18)19-20-16-11-10-15(21(23)24)13-17(16)22(25)26/h10-11,13,20H,2-9H2,1H3/b19-14-. The number of unbranched alkanes of at least 4 members (excludes halogenated alkanes) is 6. The van der Waals surface area contributed by atoms with E-state index in [-0.39, 0.29) is 17.1 Å². The van der Waals surface area contributed by atoms with Crippen LogP contribution in [0.1, 0.15) is 58.3 Å². The van der Waals surface area contributed by atoms with Crippen molar-refractivity contribution < 1.29 is 9.85 Å². The van der Waals surface area contributed by atoms with Crippen molar-refractivity contribution in [1.82, 2.24) is 0 Å². The molecule has 0 aromatic heterocycles. The number of hydrazone groups is 1. The molecule has 0 amide bonds. The van der Waals surface area contributed by atoms with Gasteiger partial charge >= 0.3 is 5.69 Å². The second-order valence-electron chi connectivity index (χ2n) is 5.95. The molecule has 0 radical (unpaired) electrons. The summed E-state index contributed by atoms with van der Waals surface area (Å²) in [5.74, 6) is 0. The normalized spacial score (nSPS) is 11.0. The number of anilines is 1. The quantitative estimate of drug-likeness (QED) is 0.242. The van der Waals surface area contributed by atoms with Crippen LogP contribution in [0.25, 0.3) is 0 Å². The third-order valence-corrected chi connectivity index (χ3v) is 3.83. The van der Waals surface area contributed by atoms with E-state index in [1.165, 1.54) is 12.1 Å². The van der Waals surface area contributed by atoms with Crippen LogP contribution in [0.2, 0.25) is 0 Å². The molecular weight excluding hydrogens is 338 g/mol. The molecular formula is C17H23N5O4. The number of nitriles is 1. The Kier molecular flexibility index (Phi) is 9.31. The van der Waals surface area contributed by atoms with Crippen molar-refractivity contribution in [3.63, 3.8) is 0 Å². The fraction of sp³-hybridized carbons (Fsp3) is 0.529. The lowest BCUT2D eigenvalue weighted by molar-refractivity contribution is -0.393. The topological polar surface area (TPSA) is 134 Å². The molecule has 9 nitrogen and oxygen atoms in total. The Morgan fingerprint density at radius 3 is 2.38 bits per heavy atom. The lowest BCUT2D eigenvalue weighted by atomic mass is 10.1. The van der Waals surface area contributed by atoms with Gasteiger partial charge in [0.15, 0.2) is 0 Å². The Bertz CT molecular complexity index is 697. The average molecular weight is 361 g/mol. The first-order valence-electron chi connectivity index (χ1n) is 8.54. The van der Waals surface area contributed by atoms with Gasteiger partial charge in [0.25, 0.3) is 5.69 Å². The van der Waals surface area contributed by atoms with Crippen LogP contribution in [0.15, 0.2) is 23.3 Å². The van der Waals surface area contributed by atoms with Crippen molar-refractivity contribution in [3.8, 4) is 6.07 Å². The molecule has 1 rings (SSSR count). The van der Waals surface area contributed by atoms with Crippen LogP contribution < -0.4 is 5.43 Å². The Labute approximate surface area is 152 Å². The van der Waals surface area contributed by atoms with Crippen molar-refractivity contribution in [2.45, 2.75) is 58.3 Å². The zero-order valence-corrected chi connectivity index (χ0v) is 14.8. The van der Waals surface area contributed by atoms with E-state index in [2.05, 4.69) is 16.6 Å². The van der Waals surface area contributed by atoms with Crippen LogP contribution in [-0.2, 0) is 0 Å². The Morgan fingerprint density at radius 1 is 1.12 bits per heavy atom. The molecule has 0 aliphatic carbocycles. The van der Waals surface area contributed by atoms with E-state index in [1.54, 1.807) is 0 Å². The summed E-state index contributed by atoms with van der Waals surface area (Å²) in [6, 6.07) is 5.54. The lowest BCUT2D eigenvalue weighted by Gasteiger charge is -2.05. The van der Waals surface area contributed by atoms with Gasteiger partial charge in [-0.2, -0.15) is 10.4 Å². The van der Waals surface area contributed by atoms with Crippen molar-refractivity contribution in [2.75, 3.05) is 5.43 Å². The van der Waals surface area contributed by atoms with Gasteiger partial charge < -0.3 is 0 Å². The van der Waals surface area contributed by atoms with Gasteiger partial charge in [-0.05, 0) is 32.3 Å². The van der Waals surface area contributed by atoms with Crippen molar-refractivity contribution >= 4 is 22.8 Å². The zero-order chi connectivity index (χ0) is 19.4. The highest BCUT2D eigenvalue weighted by molar-refractivity contribution is 5.83. The molecule has 0 spiro atoms. The molecule has 0 aliphatic rings. The van der Waals surface area contributed by atoms with Crippen LogP contribution in [0.4, 0.5) is 17.1 Å². The van der Waals surface area contributed by atoms with Crippen LogP contribution in [0, 0.1) is 31.6 Å². The number of nitrogens with zero attached hydrogens (tertiary/aromatic N) is 4. The number of nitro benzene ring substituents is 2. The van der Waals surface area contributed by atoms with Gasteiger partial charge in [0.05, 0.1) is 22.0 Å². The minimum atomic E-state index is -0.675. The fourth-order valence-electron chi connectivity index (χ4n) is 2.38. The number of rotatable bonds is 12. The van der Waals surface area contributed by atoms with Crippen molar-refractivity contribution in [1.29, 1.82) is 5.26 Å². The van der Waals surface area contributed by atoms with E-state index < -0.39 is 9.85 Å². The highest BCUT2D eigenvalue weighted by Crippen LogP contribution is 2.28. The first-order chi connectivity index (χ1) is 12.5. The summed E-state index contributed by atoms with van der Waals surface area (Å²) in [4.78, 5) is 20.4. The van der Waals surface area contributed by atoms with Gasteiger partial charge in [-0.15, -0.1) is 0 Å². The van der Waals surface area contributed by atoms with Crippen molar-refractivity contribution in [3.05, 3.63) is 38.4 Å². The maximum Gasteiger partial charge on any atom is 0.301 e. The molecule has 26 heavy (non-hydrogen) atoms. The summed E-state index contributed by atoms with van der Waals surface area (Å²) >= 11 is 0. The molecule has 1 N–H and O–H groups in total. The molecule has 140 valence electrons. The Hall–Kier alpha value is -3.02. The molecule has 0 unspecified atom stereocenters. The fourth-order valence-corrected chi connectivity index (χ4v) is 2.38. The first-order valence-corrected chi connectivity index (χ1v) is 8.54. The van der Waals surface area contributed by atoms with Crippen LogP contribution >= 0.6 is 0 Å². The third kappa shape index (κ3) is 7.70. The number of hydrogen-bond donors (Lipinski definition) is 1. The largest absolute Gasteiger partial charge is 0.301 e. The summed E-state index contributed by atoms with van der Waals surface area (Å²) in [6.45, 7) is 1.83. The molecule has 0 saturated carbocycles. The minimum absolute atomic E-state index is 0.123. The summed E-state index contributed by atoms with van der Waals surface area (Å²) in [5, 5.41) is 34.4. The molecule has 1 aromatic rings. The predicted octanol–water partition coefficient (Wildman–Crippen LogP) is 4.94. The molecule has 0 saturated heterocycles. The zero-order valence-electron chi connectivity index (χ0n) is 14.8. The molecule has 0 atom stereocenters. The second kappa shape index (κ2) is 11.5. The number of nitrogens with one attached hydrogen (secondary N) is 1. The third-order valence-electron chi connectivity index (χ3n) is 3.83. The predicted molar refractivity (Wildman–Crippen MR) is 99.0 cm³/mol. The van der Waals surface area contributed by atoms with Gasteiger partial charge in [0.1, 0.15) is 5.69 Å². The Morgan fingerprint density at radius 2 is 1.77 bits per heavy atom. The average Bonchev–Trinajstić information content (AvgIpc) is 2.61. The molecule has 9 heteroatoms. The van der Waals surface area contributed by atoms with E-state index >= 15 is 0 Å². The van der Waals surface area contributed by atoms with E-state index in [0.29, 0.717) is 6.42 Å². The van der Waals surface area contributed by atoms with Crippen LogP contribution in [0.5, 0.6) is 0 Å². The summed E-state index contributed by atoms with van der Waals surface area (Å²) in [7, 11) is 0. The monoisotopic (exact) mass is 361 g/mol. The first kappa shape index (κ1) is 21.0. The van der Waals surface area contributed by atoms with E-state index in [9.17, 15) is 20.2 Å². The molecule has 0 aliphatic heterocycles. The summed E-state index contributed by atoms with van der Waals surface area (Å²) < 4.78 is 0. The van der Waals surface area contributed by atoms with Crippen LogP contribution in [0.3, 0.4) is 0 Å². The van der Waals surface area contributed by atoms with Gasteiger partial charge in [0.2, 0.25) is 0 Å². The minimum Gasteiger partial charge on any atom is -0.272 e. The number of non-ortho nitro benzene ring substituents is 1. The highest BCUT2D eigenvalue weighted by atomic mass is 16.6. The van der Waals surface area contributed by atoms with E-state index in [1.807, 2.05) is 6.92 Å². The summed E-state index contributed by atoms with van der Waals surface area (Å²) in [5.41, 5.74) is 2.84. The van der Waals surface area contributed by atoms with E-state index in [0.717, 1.165) is 56.7 Å². The molecule has 0 bridgehead atoms. The van der Waals surface area contributed by atoms with Gasteiger partial charge in [-0.1, -0.05) is 25.7 Å². The maximum absolute atomic E-state index is 11.1. The van der Waals surface area contributed by atoms with Gasteiger partial charge in [-0.25, -0.2) is 0 Å². The highest BCUT2D eigenvalue weighted by Gasteiger charge is 2.19. The molecule has 1 aromatic carbocycles. The summed E-state index contributed by atoms with van der Waals surface area (Å²) in [6.07, 6.45) is 7.68. The number of nitro groups is 2. The molecule has 0 heterocycles. The maximum atomic E-state index is 11.1. The molecule has 0 fully saturated rings. The van der Waals surface area contributed by atoms with Gasteiger partial charge in [0, 0.05) is 18.2 Å². The van der Waals surface area contributed by atoms with Gasteiger partial charge in [-0.3, -0.25) is 25.7 Å². The van der Waals surface area contributed by atoms with Crippen molar-refractivity contribution in [2.24, 2.45) is 5.10 Å². The SMILES string of the molecule is C/C(CCCCCCCCC#N)=N/Nc1ccc([N+](=O)[O-])cc1[N+](=O)[O-].